The van der Waals surface area contributed by atoms with Gasteiger partial charge in [-0.1, -0.05) is 54.6 Å². The van der Waals surface area contributed by atoms with Gasteiger partial charge in [0, 0.05) is 23.1 Å². The molecule has 1 aliphatic carbocycles. The van der Waals surface area contributed by atoms with E-state index in [1.54, 1.807) is 7.11 Å². The van der Waals surface area contributed by atoms with Gasteiger partial charge in [0.15, 0.2) is 5.69 Å². The lowest BCUT2D eigenvalue weighted by Crippen LogP contribution is -2.30. The molecule has 4 nitrogen and oxygen atoms in total. The van der Waals surface area contributed by atoms with Crippen molar-refractivity contribution in [3.63, 3.8) is 0 Å². The van der Waals surface area contributed by atoms with Gasteiger partial charge in [-0.25, -0.2) is 0 Å². The first-order valence-electron chi connectivity index (χ1n) is 8.13. The van der Waals surface area contributed by atoms with E-state index >= 15 is 0 Å². The van der Waals surface area contributed by atoms with Crippen LogP contribution in [0.15, 0.2) is 60.7 Å². The number of fused-ring (bicyclic) bond motifs is 1. The van der Waals surface area contributed by atoms with Crippen LogP contribution >= 0.6 is 0 Å². The summed E-state index contributed by atoms with van der Waals surface area (Å²) in [5, 5.41) is 16.4. The molecule has 0 saturated carbocycles. The van der Waals surface area contributed by atoms with Gasteiger partial charge in [-0.2, -0.15) is 10.4 Å². The predicted octanol–water partition coefficient (Wildman–Crippen LogP) is 3.85. The molecular weight excluding hydrogens is 310 g/mol. The maximum atomic E-state index is 9.23. The maximum absolute atomic E-state index is 9.23. The predicted molar refractivity (Wildman–Crippen MR) is 96.3 cm³/mol. The third kappa shape index (κ3) is 2.41. The number of nitriles is 1. The number of ether oxygens (including phenoxy) is 1. The minimum Gasteiger partial charge on any atom is -0.497 e. The summed E-state index contributed by atoms with van der Waals surface area (Å²) < 4.78 is 5.43. The minimum atomic E-state index is -0.331. The van der Waals surface area contributed by atoms with Crippen molar-refractivity contribution in [2.75, 3.05) is 7.11 Å². The molecule has 1 unspecified atom stereocenters. The van der Waals surface area contributed by atoms with Gasteiger partial charge in [0.05, 0.1) is 7.11 Å². The second-order valence-corrected chi connectivity index (χ2v) is 6.16. The quantitative estimate of drug-likeness (QED) is 0.795. The molecule has 4 heteroatoms. The fourth-order valence-electron chi connectivity index (χ4n) is 3.55. The highest BCUT2D eigenvalue weighted by Crippen LogP contribution is 2.42. The molecule has 4 rings (SSSR count). The van der Waals surface area contributed by atoms with E-state index in [4.69, 9.17) is 4.74 Å². The van der Waals surface area contributed by atoms with Crippen LogP contribution in [0.4, 0.5) is 0 Å². The van der Waals surface area contributed by atoms with Crippen LogP contribution < -0.4 is 4.74 Å². The van der Waals surface area contributed by atoms with E-state index in [1.165, 1.54) is 5.56 Å². The highest BCUT2D eigenvalue weighted by molar-refractivity contribution is 5.66. The first-order chi connectivity index (χ1) is 12.3. The van der Waals surface area contributed by atoms with Crippen LogP contribution in [0.1, 0.15) is 28.1 Å². The Morgan fingerprint density at radius 1 is 1.12 bits per heavy atom. The van der Waals surface area contributed by atoms with Crippen LogP contribution in [0.25, 0.3) is 6.08 Å². The lowest BCUT2D eigenvalue weighted by atomic mass is 9.68. The molecule has 1 N–H and O–H groups in total. The molecule has 2 aromatic carbocycles. The summed E-state index contributed by atoms with van der Waals surface area (Å²) in [4.78, 5) is 0. The fraction of sp³-hybridized carbons (Fsp3) is 0.143. The number of H-pyrrole nitrogens is 1. The molecule has 0 radical (unpaired) electrons. The number of rotatable bonds is 3. The van der Waals surface area contributed by atoms with Crippen LogP contribution in [0, 0.1) is 11.3 Å². The van der Waals surface area contributed by atoms with Gasteiger partial charge in [-0.15, -0.1) is 0 Å². The van der Waals surface area contributed by atoms with Crippen LogP contribution in [0.2, 0.25) is 0 Å². The van der Waals surface area contributed by atoms with Crippen molar-refractivity contribution in [2.24, 2.45) is 0 Å². The molecule has 1 heterocycles. The SMILES string of the molecule is COc1cccc(C2(c3ccccc3)C=Cc3c(C#N)n[nH]c3C2)c1. The summed E-state index contributed by atoms with van der Waals surface area (Å²) in [5.74, 6) is 0.828. The lowest BCUT2D eigenvalue weighted by molar-refractivity contribution is 0.413. The lowest BCUT2D eigenvalue weighted by Gasteiger charge is -2.34. The number of nitrogens with zero attached hydrogens (tertiary/aromatic N) is 2. The molecule has 0 aliphatic heterocycles. The van der Waals surface area contributed by atoms with Crippen molar-refractivity contribution < 1.29 is 4.74 Å². The van der Waals surface area contributed by atoms with Crippen molar-refractivity contribution in [1.29, 1.82) is 5.26 Å². The van der Waals surface area contributed by atoms with Gasteiger partial charge >= 0.3 is 0 Å². The average Bonchev–Trinajstić information content (AvgIpc) is 3.10. The van der Waals surface area contributed by atoms with Crippen LogP contribution in [0.3, 0.4) is 0 Å². The topological polar surface area (TPSA) is 61.7 Å². The second kappa shape index (κ2) is 5.95. The van der Waals surface area contributed by atoms with Gasteiger partial charge in [0.1, 0.15) is 11.8 Å². The standard InChI is InChI=1S/C21H17N3O/c1-25-17-9-5-8-16(12-17)21(15-6-3-2-4-7-15)11-10-18-19(13-21)23-24-20(18)14-22/h2-12H,13H2,1H3,(H,23,24). The third-order valence-corrected chi connectivity index (χ3v) is 4.85. The van der Waals surface area contributed by atoms with E-state index in [-0.39, 0.29) is 5.41 Å². The second-order valence-electron chi connectivity index (χ2n) is 6.16. The number of hydrogen-bond acceptors (Lipinski definition) is 3. The molecule has 1 aromatic heterocycles. The van der Waals surface area contributed by atoms with Gasteiger partial charge < -0.3 is 4.74 Å². The summed E-state index contributed by atoms with van der Waals surface area (Å²) in [5.41, 5.74) is 4.31. The molecule has 1 aliphatic rings. The van der Waals surface area contributed by atoms with E-state index in [9.17, 15) is 5.26 Å². The molecule has 3 aromatic rings. The number of nitrogens with one attached hydrogen (secondary N) is 1. The Hall–Kier alpha value is -3.32. The number of aromatic amines is 1. The molecule has 122 valence electrons. The zero-order chi connectivity index (χ0) is 17.3. The molecule has 0 spiro atoms. The molecule has 25 heavy (non-hydrogen) atoms. The molecule has 0 saturated heterocycles. The molecule has 0 amide bonds. The van der Waals surface area contributed by atoms with Crippen LogP contribution in [-0.2, 0) is 11.8 Å². The normalized spacial score (nSPS) is 18.4. The van der Waals surface area contributed by atoms with Crippen molar-refractivity contribution in [3.05, 3.63) is 88.8 Å². The van der Waals surface area contributed by atoms with Gasteiger partial charge in [-0.3, -0.25) is 5.10 Å². The van der Waals surface area contributed by atoms with Gasteiger partial charge in [0.25, 0.3) is 0 Å². The van der Waals surface area contributed by atoms with Crippen molar-refractivity contribution in [1.82, 2.24) is 10.2 Å². The van der Waals surface area contributed by atoms with E-state index < -0.39 is 0 Å². The zero-order valence-electron chi connectivity index (χ0n) is 13.9. The largest absolute Gasteiger partial charge is 0.497 e. The number of allylic oxidation sites excluding steroid dienone is 1. The van der Waals surface area contributed by atoms with Gasteiger partial charge in [0.2, 0.25) is 0 Å². The minimum absolute atomic E-state index is 0.331. The summed E-state index contributed by atoms with van der Waals surface area (Å²) >= 11 is 0. The molecular formula is C21H17N3O. The first kappa shape index (κ1) is 15.2. The summed E-state index contributed by atoms with van der Waals surface area (Å²) in [6, 6.07) is 20.7. The molecule has 0 fully saturated rings. The first-order valence-corrected chi connectivity index (χ1v) is 8.13. The Morgan fingerprint density at radius 2 is 1.92 bits per heavy atom. The average molecular weight is 327 g/mol. The Kier molecular flexibility index (Phi) is 3.62. The highest BCUT2D eigenvalue weighted by atomic mass is 16.5. The fourth-order valence-corrected chi connectivity index (χ4v) is 3.55. The number of benzene rings is 2. The van der Waals surface area contributed by atoms with Gasteiger partial charge in [-0.05, 0) is 23.3 Å². The third-order valence-electron chi connectivity index (χ3n) is 4.85. The van der Waals surface area contributed by atoms with E-state index in [0.717, 1.165) is 22.6 Å². The summed E-state index contributed by atoms with van der Waals surface area (Å²) in [7, 11) is 1.68. The van der Waals surface area contributed by atoms with Crippen LogP contribution in [-0.4, -0.2) is 17.3 Å². The number of methoxy groups -OCH3 is 1. The maximum Gasteiger partial charge on any atom is 0.169 e. The van der Waals surface area contributed by atoms with Crippen molar-refractivity contribution in [3.8, 4) is 11.8 Å². The Balaban J connectivity index is 1.92. The van der Waals surface area contributed by atoms with Crippen molar-refractivity contribution >= 4 is 6.08 Å². The summed E-state index contributed by atoms with van der Waals surface area (Å²) in [6.45, 7) is 0. The Morgan fingerprint density at radius 3 is 2.68 bits per heavy atom. The number of aromatic nitrogens is 2. The van der Waals surface area contributed by atoms with Crippen LogP contribution in [0.5, 0.6) is 5.75 Å². The summed E-state index contributed by atoms with van der Waals surface area (Å²) in [6.07, 6.45) is 4.90. The Labute approximate surface area is 146 Å². The smallest absolute Gasteiger partial charge is 0.169 e. The zero-order valence-corrected chi connectivity index (χ0v) is 13.9. The number of hydrogen-bond donors (Lipinski definition) is 1. The molecule has 1 atom stereocenters. The van der Waals surface area contributed by atoms with Crippen molar-refractivity contribution in [2.45, 2.75) is 11.8 Å². The Bertz CT molecular complexity index is 982. The van der Waals surface area contributed by atoms with E-state index in [0.29, 0.717) is 12.1 Å². The highest BCUT2D eigenvalue weighted by Gasteiger charge is 2.36. The monoisotopic (exact) mass is 327 g/mol. The van der Waals surface area contributed by atoms with E-state index in [1.807, 2.05) is 36.4 Å². The molecule has 0 bridgehead atoms. The van der Waals surface area contributed by atoms with E-state index in [2.05, 4.69) is 46.6 Å².